The highest BCUT2D eigenvalue weighted by molar-refractivity contribution is 5.26. The molecular formula is C13H27N3. The second kappa shape index (κ2) is 10.7. The lowest BCUT2D eigenvalue weighted by Gasteiger charge is -2.21. The number of nitrogens with zero attached hydrogens (tertiary/aromatic N) is 2. The Balaban J connectivity index is 3.96. The Kier molecular flexibility index (Phi) is 10.1. The van der Waals surface area contributed by atoms with Crippen molar-refractivity contribution in [3.05, 3.63) is 11.9 Å². The average Bonchev–Trinajstić information content (AvgIpc) is 2.30. The minimum Gasteiger partial charge on any atom is -0.314 e. The topological polar surface area (TPSA) is 41.6 Å². The summed E-state index contributed by atoms with van der Waals surface area (Å²) in [4.78, 5) is 3.83. The van der Waals surface area contributed by atoms with Gasteiger partial charge in [-0.15, -0.1) is 0 Å². The Morgan fingerprint density at radius 3 is 2.44 bits per heavy atom. The Bertz CT molecular complexity index is 199. The highest BCUT2D eigenvalue weighted by Crippen LogP contribution is 2.12. The molecule has 0 aliphatic rings. The first-order chi connectivity index (χ1) is 7.76. The first kappa shape index (κ1) is 15.2. The first-order valence-electron chi connectivity index (χ1n) is 6.43. The molecule has 0 saturated heterocycles. The van der Waals surface area contributed by atoms with Crippen LogP contribution in [0.2, 0.25) is 0 Å². The van der Waals surface area contributed by atoms with Gasteiger partial charge in [-0.2, -0.15) is 0 Å². The van der Waals surface area contributed by atoms with E-state index in [-0.39, 0.29) is 0 Å². The van der Waals surface area contributed by atoms with Gasteiger partial charge in [0.2, 0.25) is 0 Å². The molecule has 0 unspecified atom stereocenters. The first-order valence-corrected chi connectivity index (χ1v) is 6.43. The van der Waals surface area contributed by atoms with Crippen LogP contribution in [-0.2, 0) is 0 Å². The third kappa shape index (κ3) is 7.46. The molecule has 94 valence electrons. The molecule has 0 aromatic heterocycles. The van der Waals surface area contributed by atoms with Crippen LogP contribution < -0.4 is 5.84 Å². The van der Waals surface area contributed by atoms with E-state index in [1.807, 2.05) is 5.01 Å². The molecule has 3 nitrogen and oxygen atoms in total. The maximum atomic E-state index is 5.98. The Morgan fingerprint density at radius 1 is 1.19 bits per heavy atom. The molecule has 3 heteroatoms. The monoisotopic (exact) mass is 225 g/mol. The number of hydrogen-bond donors (Lipinski definition) is 1. The molecule has 0 heterocycles. The van der Waals surface area contributed by atoms with Crippen LogP contribution in [0, 0.1) is 0 Å². The van der Waals surface area contributed by atoms with Gasteiger partial charge >= 0.3 is 0 Å². The van der Waals surface area contributed by atoms with E-state index in [2.05, 4.69) is 25.6 Å². The number of unbranched alkanes of at least 4 members (excludes halogenated alkanes) is 4. The van der Waals surface area contributed by atoms with Crippen molar-refractivity contribution in [2.45, 2.75) is 58.8 Å². The molecule has 0 atom stereocenters. The lowest BCUT2D eigenvalue weighted by molar-refractivity contribution is 0.334. The van der Waals surface area contributed by atoms with Gasteiger partial charge in [0, 0.05) is 18.4 Å². The van der Waals surface area contributed by atoms with Crippen molar-refractivity contribution in [2.24, 2.45) is 10.8 Å². The van der Waals surface area contributed by atoms with E-state index in [0.717, 1.165) is 25.1 Å². The van der Waals surface area contributed by atoms with E-state index in [0.29, 0.717) is 0 Å². The summed E-state index contributed by atoms with van der Waals surface area (Å²) >= 11 is 0. The highest BCUT2D eigenvalue weighted by atomic mass is 15.4. The summed E-state index contributed by atoms with van der Waals surface area (Å²) in [6.45, 7) is 8.80. The van der Waals surface area contributed by atoms with Crippen molar-refractivity contribution in [1.82, 2.24) is 5.01 Å². The van der Waals surface area contributed by atoms with E-state index >= 15 is 0 Å². The van der Waals surface area contributed by atoms with Gasteiger partial charge in [0.25, 0.3) is 0 Å². The van der Waals surface area contributed by atoms with Crippen LogP contribution in [0.5, 0.6) is 0 Å². The fraction of sp³-hybridized carbons (Fsp3) is 0.769. The fourth-order valence-electron chi connectivity index (χ4n) is 1.59. The van der Waals surface area contributed by atoms with Crippen molar-refractivity contribution in [1.29, 1.82) is 0 Å². The van der Waals surface area contributed by atoms with Crippen molar-refractivity contribution < 1.29 is 0 Å². The number of hydrogen-bond acceptors (Lipinski definition) is 3. The zero-order valence-corrected chi connectivity index (χ0v) is 10.9. The molecule has 2 N–H and O–H groups in total. The van der Waals surface area contributed by atoms with Crippen LogP contribution in [0.15, 0.2) is 16.9 Å². The molecule has 0 aromatic carbocycles. The molecule has 0 aromatic rings. The normalized spacial score (nSPS) is 11.6. The number of rotatable bonds is 10. The van der Waals surface area contributed by atoms with Crippen LogP contribution in [-0.4, -0.2) is 18.3 Å². The van der Waals surface area contributed by atoms with Gasteiger partial charge in [0.15, 0.2) is 0 Å². The average molecular weight is 225 g/mol. The lowest BCUT2D eigenvalue weighted by atomic mass is 10.1. The molecular weight excluding hydrogens is 198 g/mol. The Morgan fingerprint density at radius 2 is 1.88 bits per heavy atom. The van der Waals surface area contributed by atoms with Crippen molar-refractivity contribution in [3.63, 3.8) is 0 Å². The van der Waals surface area contributed by atoms with E-state index in [9.17, 15) is 0 Å². The Hall–Kier alpha value is -0.830. The number of hydrazine groups is 1. The van der Waals surface area contributed by atoms with Gasteiger partial charge in [-0.05, 0) is 26.0 Å². The predicted octanol–water partition coefficient (Wildman–Crippen LogP) is 3.47. The summed E-state index contributed by atoms with van der Waals surface area (Å²) in [7, 11) is 0. The molecule has 0 bridgehead atoms. The van der Waals surface area contributed by atoms with E-state index in [1.54, 1.807) is 6.20 Å². The molecule has 0 spiro atoms. The highest BCUT2D eigenvalue weighted by Gasteiger charge is 2.04. The molecule has 0 amide bonds. The van der Waals surface area contributed by atoms with Crippen LogP contribution >= 0.6 is 0 Å². The summed E-state index contributed by atoms with van der Waals surface area (Å²) in [5, 5.41) is 1.82. The Labute approximate surface area is 100 Å². The molecule has 0 radical (unpaired) electrons. The van der Waals surface area contributed by atoms with E-state index in [1.165, 1.54) is 32.1 Å². The molecule has 0 rings (SSSR count). The third-order valence-corrected chi connectivity index (χ3v) is 2.65. The van der Waals surface area contributed by atoms with Gasteiger partial charge < -0.3 is 5.01 Å². The predicted molar refractivity (Wildman–Crippen MR) is 72.2 cm³/mol. The maximum absolute atomic E-state index is 5.98. The quantitative estimate of drug-likeness (QED) is 0.268. The van der Waals surface area contributed by atoms with Crippen molar-refractivity contribution in [3.8, 4) is 0 Å². The minimum absolute atomic E-state index is 0.908. The van der Waals surface area contributed by atoms with Crippen LogP contribution in [0.25, 0.3) is 0 Å². The van der Waals surface area contributed by atoms with Crippen molar-refractivity contribution in [2.75, 3.05) is 6.54 Å². The summed E-state index contributed by atoms with van der Waals surface area (Å²) < 4.78 is 0. The molecule has 0 aliphatic heterocycles. The maximum Gasteiger partial charge on any atom is 0.0473 e. The van der Waals surface area contributed by atoms with Crippen molar-refractivity contribution >= 4 is 6.72 Å². The third-order valence-electron chi connectivity index (χ3n) is 2.65. The molecule has 16 heavy (non-hydrogen) atoms. The van der Waals surface area contributed by atoms with Crippen LogP contribution in [0.4, 0.5) is 0 Å². The van der Waals surface area contributed by atoms with Gasteiger partial charge in [-0.25, -0.2) is 5.84 Å². The van der Waals surface area contributed by atoms with Gasteiger partial charge in [-0.3, -0.25) is 4.99 Å². The standard InChI is InChI=1S/C13H27N3/c1-4-6-8-9-10-13(12-15-3)16(14)11-7-5-2/h12H,3-11,14H2,1-2H3/b13-12-. The van der Waals surface area contributed by atoms with E-state index in [4.69, 9.17) is 5.84 Å². The molecule has 0 aliphatic carbocycles. The second-order valence-corrected chi connectivity index (χ2v) is 4.16. The summed E-state index contributed by atoms with van der Waals surface area (Å²) in [5.74, 6) is 5.98. The minimum atomic E-state index is 0.908. The molecule has 0 saturated carbocycles. The van der Waals surface area contributed by atoms with Gasteiger partial charge in [-0.1, -0.05) is 39.5 Å². The second-order valence-electron chi connectivity index (χ2n) is 4.16. The SMILES string of the molecule is C=N/C=C(/CCCCCC)N(N)CCCC. The number of allylic oxidation sites excluding steroid dienone is 1. The number of aliphatic imine (C=N–C) groups is 1. The van der Waals surface area contributed by atoms with Crippen LogP contribution in [0.1, 0.15) is 58.8 Å². The number of nitrogens with two attached hydrogens (primary N) is 1. The van der Waals surface area contributed by atoms with E-state index < -0.39 is 0 Å². The largest absolute Gasteiger partial charge is 0.314 e. The summed E-state index contributed by atoms with van der Waals surface area (Å²) in [6.07, 6.45) is 10.1. The van der Waals surface area contributed by atoms with Gasteiger partial charge in [0.1, 0.15) is 0 Å². The van der Waals surface area contributed by atoms with Gasteiger partial charge in [0.05, 0.1) is 0 Å². The zero-order valence-electron chi connectivity index (χ0n) is 10.9. The fourth-order valence-corrected chi connectivity index (χ4v) is 1.59. The lowest BCUT2D eigenvalue weighted by Crippen LogP contribution is -2.31. The summed E-state index contributed by atoms with van der Waals surface area (Å²) in [6, 6.07) is 0. The molecule has 0 fully saturated rings. The summed E-state index contributed by atoms with van der Waals surface area (Å²) in [5.41, 5.74) is 1.11. The van der Waals surface area contributed by atoms with Crippen LogP contribution in [0.3, 0.4) is 0 Å². The zero-order chi connectivity index (χ0) is 12.2. The smallest absolute Gasteiger partial charge is 0.0473 e.